The van der Waals surface area contributed by atoms with Gasteiger partial charge in [-0.3, -0.25) is 0 Å². The van der Waals surface area contributed by atoms with E-state index in [0.29, 0.717) is 12.6 Å². The lowest BCUT2D eigenvalue weighted by atomic mass is 10.1. The molecule has 2 rings (SSSR count). The molecule has 1 atom stereocenters. The van der Waals surface area contributed by atoms with Gasteiger partial charge in [-0.25, -0.2) is 0 Å². The van der Waals surface area contributed by atoms with Crippen LogP contribution in [-0.2, 0) is 11.2 Å². The molecule has 0 radical (unpaired) electrons. The summed E-state index contributed by atoms with van der Waals surface area (Å²) in [7, 11) is 1.67. The van der Waals surface area contributed by atoms with E-state index in [1.54, 1.807) is 7.11 Å². The highest BCUT2D eigenvalue weighted by molar-refractivity contribution is 5.43. The van der Waals surface area contributed by atoms with Crippen LogP contribution in [0.25, 0.3) is 0 Å². The van der Waals surface area contributed by atoms with Gasteiger partial charge >= 0.3 is 0 Å². The van der Waals surface area contributed by atoms with Crippen LogP contribution in [0.4, 0.5) is 0 Å². The van der Waals surface area contributed by atoms with Crippen LogP contribution in [0, 0.1) is 0 Å². The van der Waals surface area contributed by atoms with Gasteiger partial charge in [0.1, 0.15) is 0 Å². The van der Waals surface area contributed by atoms with Crippen molar-refractivity contribution >= 4 is 0 Å². The first-order valence-electron chi connectivity index (χ1n) is 6.44. The predicted molar refractivity (Wildman–Crippen MR) is 70.5 cm³/mol. The van der Waals surface area contributed by atoms with E-state index in [4.69, 9.17) is 14.2 Å². The Morgan fingerprint density at radius 3 is 2.94 bits per heavy atom. The van der Waals surface area contributed by atoms with E-state index in [1.807, 2.05) is 19.1 Å². The summed E-state index contributed by atoms with van der Waals surface area (Å²) in [5.41, 5.74) is 1.23. The van der Waals surface area contributed by atoms with Crippen LogP contribution >= 0.6 is 0 Å². The number of nitrogens with one attached hydrogen (secondary N) is 1. The Balaban J connectivity index is 2.04. The number of rotatable bonds is 5. The van der Waals surface area contributed by atoms with E-state index >= 15 is 0 Å². The SMILES string of the molecule is CCOc1ccc(CC2COCCN2)cc1OC. The first-order chi connectivity index (χ1) is 8.83. The standard InChI is InChI=1S/C14H21NO3/c1-3-18-13-5-4-11(9-14(13)16-2)8-12-10-17-7-6-15-12/h4-5,9,12,15H,3,6-8,10H2,1-2H3. The zero-order chi connectivity index (χ0) is 12.8. The number of methoxy groups -OCH3 is 1. The molecule has 1 aliphatic heterocycles. The number of benzene rings is 1. The minimum absolute atomic E-state index is 0.390. The highest BCUT2D eigenvalue weighted by Crippen LogP contribution is 2.28. The van der Waals surface area contributed by atoms with E-state index in [0.717, 1.165) is 37.7 Å². The summed E-state index contributed by atoms with van der Waals surface area (Å²) in [5.74, 6) is 1.60. The fourth-order valence-corrected chi connectivity index (χ4v) is 2.15. The Morgan fingerprint density at radius 2 is 2.28 bits per heavy atom. The Kier molecular flexibility index (Phi) is 4.84. The number of morpholine rings is 1. The molecule has 0 saturated carbocycles. The van der Waals surface area contributed by atoms with Crippen LogP contribution in [0.3, 0.4) is 0 Å². The molecule has 0 spiro atoms. The molecular formula is C14H21NO3. The van der Waals surface area contributed by atoms with Gasteiger partial charge in [0.05, 0.1) is 26.9 Å². The highest BCUT2D eigenvalue weighted by Gasteiger charge is 2.14. The first-order valence-corrected chi connectivity index (χ1v) is 6.44. The summed E-state index contributed by atoms with van der Waals surface area (Å²) in [5, 5.41) is 3.45. The third-order valence-corrected chi connectivity index (χ3v) is 3.01. The van der Waals surface area contributed by atoms with Gasteiger partial charge in [-0.05, 0) is 31.0 Å². The number of hydrogen-bond acceptors (Lipinski definition) is 4. The molecule has 4 heteroatoms. The van der Waals surface area contributed by atoms with Gasteiger partial charge in [-0.2, -0.15) is 0 Å². The topological polar surface area (TPSA) is 39.7 Å². The summed E-state index contributed by atoms with van der Waals surface area (Å²) in [6, 6.07) is 6.49. The third kappa shape index (κ3) is 3.37. The Morgan fingerprint density at radius 1 is 1.39 bits per heavy atom. The Bertz CT molecular complexity index is 375. The summed E-state index contributed by atoms with van der Waals surface area (Å²) in [6.07, 6.45) is 0.947. The molecule has 0 amide bonds. The van der Waals surface area contributed by atoms with E-state index < -0.39 is 0 Å². The van der Waals surface area contributed by atoms with Gasteiger partial charge in [0.2, 0.25) is 0 Å². The van der Waals surface area contributed by atoms with E-state index in [-0.39, 0.29) is 0 Å². The lowest BCUT2D eigenvalue weighted by Gasteiger charge is -2.24. The van der Waals surface area contributed by atoms with Gasteiger partial charge in [-0.1, -0.05) is 6.07 Å². The second-order valence-corrected chi connectivity index (χ2v) is 4.35. The average Bonchev–Trinajstić information content (AvgIpc) is 2.42. The minimum Gasteiger partial charge on any atom is -0.493 e. The van der Waals surface area contributed by atoms with Crippen LogP contribution in [0.5, 0.6) is 11.5 Å². The van der Waals surface area contributed by atoms with Crippen molar-refractivity contribution in [2.24, 2.45) is 0 Å². The molecule has 1 aromatic carbocycles. The van der Waals surface area contributed by atoms with Crippen molar-refractivity contribution in [1.29, 1.82) is 0 Å². The molecule has 1 aliphatic rings. The molecular weight excluding hydrogens is 230 g/mol. The summed E-state index contributed by atoms with van der Waals surface area (Å²) in [4.78, 5) is 0. The zero-order valence-corrected chi connectivity index (χ0v) is 11.1. The summed E-state index contributed by atoms with van der Waals surface area (Å²) in [6.45, 7) is 5.13. The van der Waals surface area contributed by atoms with Crippen LogP contribution < -0.4 is 14.8 Å². The van der Waals surface area contributed by atoms with Crippen LogP contribution in [0.15, 0.2) is 18.2 Å². The second-order valence-electron chi connectivity index (χ2n) is 4.35. The normalized spacial score (nSPS) is 19.6. The summed E-state index contributed by atoms with van der Waals surface area (Å²) >= 11 is 0. The van der Waals surface area contributed by atoms with Crippen LogP contribution in [-0.4, -0.2) is 39.5 Å². The quantitative estimate of drug-likeness (QED) is 0.863. The molecule has 1 saturated heterocycles. The van der Waals surface area contributed by atoms with Gasteiger partial charge < -0.3 is 19.5 Å². The summed E-state index contributed by atoms with van der Waals surface area (Å²) < 4.78 is 16.3. The highest BCUT2D eigenvalue weighted by atomic mass is 16.5. The number of ether oxygens (including phenoxy) is 3. The van der Waals surface area contributed by atoms with Gasteiger partial charge in [-0.15, -0.1) is 0 Å². The fraction of sp³-hybridized carbons (Fsp3) is 0.571. The lowest BCUT2D eigenvalue weighted by Crippen LogP contribution is -2.42. The molecule has 1 aromatic rings. The third-order valence-electron chi connectivity index (χ3n) is 3.01. The van der Waals surface area contributed by atoms with Crippen molar-refractivity contribution in [2.75, 3.05) is 33.5 Å². The zero-order valence-electron chi connectivity index (χ0n) is 11.1. The molecule has 1 unspecified atom stereocenters. The van der Waals surface area contributed by atoms with E-state index in [1.165, 1.54) is 5.56 Å². The Hall–Kier alpha value is -1.26. The van der Waals surface area contributed by atoms with Gasteiger partial charge in [0.25, 0.3) is 0 Å². The van der Waals surface area contributed by atoms with Crippen molar-refractivity contribution in [3.05, 3.63) is 23.8 Å². The van der Waals surface area contributed by atoms with E-state index in [9.17, 15) is 0 Å². The fourth-order valence-electron chi connectivity index (χ4n) is 2.15. The van der Waals surface area contributed by atoms with Crippen molar-refractivity contribution in [1.82, 2.24) is 5.32 Å². The second kappa shape index (κ2) is 6.61. The monoisotopic (exact) mass is 251 g/mol. The minimum atomic E-state index is 0.390. The maximum absolute atomic E-state index is 5.51. The molecule has 100 valence electrons. The smallest absolute Gasteiger partial charge is 0.161 e. The number of hydrogen-bond donors (Lipinski definition) is 1. The molecule has 1 heterocycles. The predicted octanol–water partition coefficient (Wildman–Crippen LogP) is 1.62. The van der Waals surface area contributed by atoms with Crippen LogP contribution in [0.1, 0.15) is 12.5 Å². The van der Waals surface area contributed by atoms with Crippen molar-refractivity contribution in [2.45, 2.75) is 19.4 Å². The first kappa shape index (κ1) is 13.2. The van der Waals surface area contributed by atoms with E-state index in [2.05, 4.69) is 11.4 Å². The molecule has 18 heavy (non-hydrogen) atoms. The molecule has 1 N–H and O–H groups in total. The molecule has 0 aliphatic carbocycles. The molecule has 0 aromatic heterocycles. The molecule has 1 fully saturated rings. The molecule has 4 nitrogen and oxygen atoms in total. The van der Waals surface area contributed by atoms with Crippen molar-refractivity contribution < 1.29 is 14.2 Å². The van der Waals surface area contributed by atoms with Crippen molar-refractivity contribution in [3.63, 3.8) is 0 Å². The maximum atomic E-state index is 5.51. The lowest BCUT2D eigenvalue weighted by molar-refractivity contribution is 0.0770. The largest absolute Gasteiger partial charge is 0.493 e. The van der Waals surface area contributed by atoms with Crippen LogP contribution in [0.2, 0.25) is 0 Å². The average molecular weight is 251 g/mol. The van der Waals surface area contributed by atoms with Crippen molar-refractivity contribution in [3.8, 4) is 11.5 Å². The Labute approximate surface area is 108 Å². The molecule has 0 bridgehead atoms. The van der Waals surface area contributed by atoms with Gasteiger partial charge in [0, 0.05) is 12.6 Å². The maximum Gasteiger partial charge on any atom is 0.161 e. The van der Waals surface area contributed by atoms with Gasteiger partial charge in [0.15, 0.2) is 11.5 Å².